The van der Waals surface area contributed by atoms with Gasteiger partial charge in [0.25, 0.3) is 0 Å². The number of carbonyl (C=O) groups is 2. The lowest BCUT2D eigenvalue weighted by Crippen LogP contribution is -2.31. The number of nitrogens with zero attached hydrogens (tertiary/aromatic N) is 1. The lowest BCUT2D eigenvalue weighted by molar-refractivity contribution is -0.123. The number of hydrogen-bond donors (Lipinski definition) is 2. The maximum absolute atomic E-state index is 11.8. The van der Waals surface area contributed by atoms with Gasteiger partial charge in [0, 0.05) is 37.2 Å². The van der Waals surface area contributed by atoms with E-state index >= 15 is 0 Å². The van der Waals surface area contributed by atoms with Crippen LogP contribution in [0.4, 0.5) is 0 Å². The average Bonchev–Trinajstić information content (AvgIpc) is 3.28. The number of hydrogen-bond acceptors (Lipinski definition) is 4. The normalized spacial score (nSPS) is 19.0. The molecule has 6 heteroatoms. The number of pyridine rings is 1. The molecule has 6 nitrogen and oxygen atoms in total. The molecule has 1 saturated carbocycles. The summed E-state index contributed by atoms with van der Waals surface area (Å²) < 4.78 is 5.56. The summed E-state index contributed by atoms with van der Waals surface area (Å²) in [6, 6.07) is 3.70. The Kier molecular flexibility index (Phi) is 6.38. The van der Waals surface area contributed by atoms with Crippen molar-refractivity contribution in [1.29, 1.82) is 0 Å². The molecule has 1 heterocycles. The zero-order valence-electron chi connectivity index (χ0n) is 13.8. The molecule has 23 heavy (non-hydrogen) atoms. The number of aromatic nitrogens is 1. The van der Waals surface area contributed by atoms with Gasteiger partial charge in [0.1, 0.15) is 0 Å². The Labute approximate surface area is 137 Å². The van der Waals surface area contributed by atoms with Gasteiger partial charge in [-0.1, -0.05) is 19.9 Å². The van der Waals surface area contributed by atoms with E-state index in [1.54, 1.807) is 6.20 Å². The van der Waals surface area contributed by atoms with Crippen molar-refractivity contribution in [3.63, 3.8) is 0 Å². The third-order valence-electron chi connectivity index (χ3n) is 3.87. The molecule has 0 spiro atoms. The van der Waals surface area contributed by atoms with Crippen LogP contribution in [0.25, 0.3) is 0 Å². The van der Waals surface area contributed by atoms with E-state index in [4.69, 9.17) is 4.74 Å². The molecule has 1 aromatic heterocycles. The monoisotopic (exact) mass is 319 g/mol. The van der Waals surface area contributed by atoms with Crippen molar-refractivity contribution in [2.75, 3.05) is 13.2 Å². The van der Waals surface area contributed by atoms with Crippen LogP contribution in [0.5, 0.6) is 5.88 Å². The summed E-state index contributed by atoms with van der Waals surface area (Å²) in [7, 11) is 0. The highest BCUT2D eigenvalue weighted by molar-refractivity contribution is 5.82. The third-order valence-corrected chi connectivity index (χ3v) is 3.87. The highest BCUT2D eigenvalue weighted by Crippen LogP contribution is 2.37. The standard InChI is InChI=1S/C17H25N3O3/c1-3-9-23-17-13(5-4-7-19-17)11-20-15(21)6-8-18-16(22)14-10-12(14)2/h4-5,7,12,14H,3,6,8-11H2,1-2H3,(H,18,22)(H,20,21). The Balaban J connectivity index is 1.68. The molecule has 1 aromatic rings. The fourth-order valence-electron chi connectivity index (χ4n) is 2.29. The molecule has 1 fully saturated rings. The van der Waals surface area contributed by atoms with Crippen molar-refractivity contribution in [3.8, 4) is 5.88 Å². The summed E-state index contributed by atoms with van der Waals surface area (Å²) >= 11 is 0. The molecule has 2 atom stereocenters. The molecule has 2 N–H and O–H groups in total. The molecular weight excluding hydrogens is 294 g/mol. The molecule has 1 aliphatic rings. The first kappa shape index (κ1) is 17.2. The first-order chi connectivity index (χ1) is 11.1. The molecule has 0 bridgehead atoms. The minimum atomic E-state index is -0.0977. The van der Waals surface area contributed by atoms with Crippen LogP contribution in [0.1, 0.15) is 38.7 Å². The van der Waals surface area contributed by atoms with Gasteiger partial charge in [-0.25, -0.2) is 4.98 Å². The molecule has 1 aliphatic carbocycles. The van der Waals surface area contributed by atoms with E-state index < -0.39 is 0 Å². The summed E-state index contributed by atoms with van der Waals surface area (Å²) in [4.78, 5) is 27.7. The van der Waals surface area contributed by atoms with Gasteiger partial charge in [-0.05, 0) is 24.8 Å². The van der Waals surface area contributed by atoms with Gasteiger partial charge in [0.15, 0.2) is 0 Å². The Morgan fingerprint density at radius 2 is 2.17 bits per heavy atom. The zero-order valence-corrected chi connectivity index (χ0v) is 13.8. The maximum atomic E-state index is 11.8. The average molecular weight is 319 g/mol. The molecular formula is C17H25N3O3. The van der Waals surface area contributed by atoms with E-state index in [1.807, 2.05) is 19.1 Å². The van der Waals surface area contributed by atoms with Crippen molar-refractivity contribution in [2.45, 2.75) is 39.7 Å². The van der Waals surface area contributed by atoms with E-state index in [9.17, 15) is 9.59 Å². The first-order valence-corrected chi connectivity index (χ1v) is 8.23. The van der Waals surface area contributed by atoms with Gasteiger partial charge in [0.05, 0.1) is 6.61 Å². The van der Waals surface area contributed by atoms with E-state index in [0.717, 1.165) is 18.4 Å². The Morgan fingerprint density at radius 1 is 1.39 bits per heavy atom. The van der Waals surface area contributed by atoms with Crippen LogP contribution in [0.3, 0.4) is 0 Å². The SMILES string of the molecule is CCCOc1ncccc1CNC(=O)CCNC(=O)C1CC1C. The van der Waals surface area contributed by atoms with E-state index in [1.165, 1.54) is 0 Å². The van der Waals surface area contributed by atoms with Crippen LogP contribution in [0, 0.1) is 11.8 Å². The van der Waals surface area contributed by atoms with Crippen molar-refractivity contribution < 1.29 is 14.3 Å². The number of amides is 2. The van der Waals surface area contributed by atoms with Crippen LogP contribution in [0.2, 0.25) is 0 Å². The summed E-state index contributed by atoms with van der Waals surface area (Å²) in [5.74, 6) is 1.15. The van der Waals surface area contributed by atoms with Gasteiger partial charge in [-0.3, -0.25) is 9.59 Å². The lowest BCUT2D eigenvalue weighted by Gasteiger charge is -2.10. The molecule has 0 radical (unpaired) electrons. The minimum Gasteiger partial charge on any atom is -0.477 e. The highest BCUT2D eigenvalue weighted by atomic mass is 16.5. The summed E-state index contributed by atoms with van der Waals surface area (Å²) in [6.07, 6.45) is 3.81. The van der Waals surface area contributed by atoms with Crippen LogP contribution >= 0.6 is 0 Å². The third kappa shape index (κ3) is 5.54. The molecule has 0 saturated heterocycles. The fraction of sp³-hybridized carbons (Fsp3) is 0.588. The number of rotatable bonds is 9. The molecule has 126 valence electrons. The lowest BCUT2D eigenvalue weighted by atomic mass is 10.2. The second-order valence-corrected chi connectivity index (χ2v) is 5.95. The number of carbonyl (C=O) groups excluding carboxylic acids is 2. The predicted octanol–water partition coefficient (Wildman–Crippen LogP) is 1.65. The van der Waals surface area contributed by atoms with Gasteiger partial charge in [-0.15, -0.1) is 0 Å². The largest absolute Gasteiger partial charge is 0.477 e. The van der Waals surface area contributed by atoms with Gasteiger partial charge in [0.2, 0.25) is 17.7 Å². The van der Waals surface area contributed by atoms with Crippen molar-refractivity contribution in [2.24, 2.45) is 11.8 Å². The Morgan fingerprint density at radius 3 is 2.87 bits per heavy atom. The molecule has 2 rings (SSSR count). The second-order valence-electron chi connectivity index (χ2n) is 5.95. The molecule has 2 amide bonds. The topological polar surface area (TPSA) is 80.3 Å². The second kappa shape index (κ2) is 8.50. The zero-order chi connectivity index (χ0) is 16.7. The van der Waals surface area contributed by atoms with Crippen molar-refractivity contribution >= 4 is 11.8 Å². The molecule has 2 unspecified atom stereocenters. The van der Waals surface area contributed by atoms with Gasteiger partial charge in [-0.2, -0.15) is 0 Å². The number of ether oxygens (including phenoxy) is 1. The minimum absolute atomic E-state index is 0.0628. The quantitative estimate of drug-likeness (QED) is 0.725. The van der Waals surface area contributed by atoms with Crippen LogP contribution in [-0.2, 0) is 16.1 Å². The van der Waals surface area contributed by atoms with Crippen LogP contribution < -0.4 is 15.4 Å². The van der Waals surface area contributed by atoms with Crippen LogP contribution in [0.15, 0.2) is 18.3 Å². The van der Waals surface area contributed by atoms with Crippen molar-refractivity contribution in [1.82, 2.24) is 15.6 Å². The van der Waals surface area contributed by atoms with E-state index in [-0.39, 0.29) is 24.2 Å². The first-order valence-electron chi connectivity index (χ1n) is 8.23. The summed E-state index contributed by atoms with van der Waals surface area (Å²) in [5, 5.41) is 5.64. The highest BCUT2D eigenvalue weighted by Gasteiger charge is 2.38. The Bertz CT molecular complexity index is 548. The fourth-order valence-corrected chi connectivity index (χ4v) is 2.29. The predicted molar refractivity (Wildman–Crippen MR) is 86.8 cm³/mol. The Hall–Kier alpha value is -2.11. The van der Waals surface area contributed by atoms with E-state index in [2.05, 4.69) is 22.5 Å². The van der Waals surface area contributed by atoms with E-state index in [0.29, 0.717) is 31.5 Å². The van der Waals surface area contributed by atoms with Gasteiger partial charge >= 0.3 is 0 Å². The van der Waals surface area contributed by atoms with Gasteiger partial charge < -0.3 is 15.4 Å². The molecule has 0 aromatic carbocycles. The smallest absolute Gasteiger partial charge is 0.223 e. The summed E-state index contributed by atoms with van der Waals surface area (Å²) in [5.41, 5.74) is 0.852. The van der Waals surface area contributed by atoms with Crippen LogP contribution in [-0.4, -0.2) is 29.9 Å². The number of nitrogens with one attached hydrogen (secondary N) is 2. The summed E-state index contributed by atoms with van der Waals surface area (Å²) in [6.45, 7) is 5.44. The molecule has 0 aliphatic heterocycles. The van der Waals surface area contributed by atoms with Crippen molar-refractivity contribution in [3.05, 3.63) is 23.9 Å². The maximum Gasteiger partial charge on any atom is 0.223 e.